The second kappa shape index (κ2) is 3.37. The van der Waals surface area contributed by atoms with Gasteiger partial charge >= 0.3 is 0 Å². The number of hydrogen-bond acceptors (Lipinski definition) is 1. The average Bonchev–Trinajstić information content (AvgIpc) is 1.97. The molecule has 0 spiro atoms. The van der Waals surface area contributed by atoms with Gasteiger partial charge in [-0.3, -0.25) is 0 Å². The smallest absolute Gasteiger partial charge is 0.0203 e. The minimum Gasteiger partial charge on any atom is -0.325 e. The van der Waals surface area contributed by atoms with Crippen molar-refractivity contribution in [2.24, 2.45) is 23.5 Å². The van der Waals surface area contributed by atoms with E-state index in [1.165, 1.54) is 19.3 Å². The fraction of sp³-hybridized carbons (Fsp3) is 1.00. The van der Waals surface area contributed by atoms with Crippen LogP contribution in [-0.2, 0) is 0 Å². The van der Waals surface area contributed by atoms with E-state index in [4.69, 9.17) is 5.73 Å². The third-order valence-corrected chi connectivity index (χ3v) is 3.82. The lowest BCUT2D eigenvalue weighted by molar-refractivity contribution is 0.117. The van der Waals surface area contributed by atoms with E-state index in [1.54, 1.807) is 0 Å². The summed E-state index contributed by atoms with van der Waals surface area (Å²) in [6, 6.07) is 0. The molecule has 1 rings (SSSR count). The minimum absolute atomic E-state index is 0.118. The van der Waals surface area contributed by atoms with Gasteiger partial charge in [-0.1, -0.05) is 27.7 Å². The van der Waals surface area contributed by atoms with Crippen molar-refractivity contribution in [3.8, 4) is 0 Å². The van der Waals surface area contributed by atoms with Crippen LogP contribution in [0.4, 0.5) is 0 Å². The Labute approximate surface area is 76.7 Å². The van der Waals surface area contributed by atoms with Gasteiger partial charge in [0.25, 0.3) is 0 Å². The lowest BCUT2D eigenvalue weighted by Crippen LogP contribution is -2.53. The zero-order valence-corrected chi connectivity index (χ0v) is 8.93. The SMILES string of the molecule is CC1CCC(N)(C(C)C)C(C)C1. The molecular formula is C11H23N. The number of hydrogen-bond donors (Lipinski definition) is 1. The van der Waals surface area contributed by atoms with Gasteiger partial charge < -0.3 is 5.73 Å². The molecule has 0 heterocycles. The topological polar surface area (TPSA) is 26.0 Å². The van der Waals surface area contributed by atoms with Crippen molar-refractivity contribution in [3.63, 3.8) is 0 Å². The minimum atomic E-state index is 0.118. The first-order valence-electron chi connectivity index (χ1n) is 5.25. The maximum Gasteiger partial charge on any atom is 0.0203 e. The van der Waals surface area contributed by atoms with Crippen LogP contribution < -0.4 is 5.73 Å². The van der Waals surface area contributed by atoms with Crippen LogP contribution in [0.2, 0.25) is 0 Å². The van der Waals surface area contributed by atoms with Gasteiger partial charge in [0.2, 0.25) is 0 Å². The third kappa shape index (κ3) is 1.66. The molecule has 1 nitrogen and oxygen atoms in total. The molecule has 3 unspecified atom stereocenters. The van der Waals surface area contributed by atoms with Gasteiger partial charge in [0, 0.05) is 5.54 Å². The van der Waals surface area contributed by atoms with E-state index >= 15 is 0 Å². The van der Waals surface area contributed by atoms with E-state index in [0.717, 1.165) is 5.92 Å². The van der Waals surface area contributed by atoms with E-state index < -0.39 is 0 Å². The molecule has 1 heteroatoms. The molecule has 1 fully saturated rings. The van der Waals surface area contributed by atoms with E-state index in [9.17, 15) is 0 Å². The average molecular weight is 169 g/mol. The van der Waals surface area contributed by atoms with Gasteiger partial charge in [-0.2, -0.15) is 0 Å². The molecule has 12 heavy (non-hydrogen) atoms. The standard InChI is InChI=1S/C11H23N/c1-8(2)11(12)6-5-9(3)7-10(11)4/h8-10H,5-7,12H2,1-4H3. The van der Waals surface area contributed by atoms with Crippen molar-refractivity contribution < 1.29 is 0 Å². The molecule has 0 saturated heterocycles. The Hall–Kier alpha value is -0.0400. The monoisotopic (exact) mass is 169 g/mol. The predicted molar refractivity (Wildman–Crippen MR) is 53.9 cm³/mol. The van der Waals surface area contributed by atoms with Gasteiger partial charge in [-0.25, -0.2) is 0 Å². The molecule has 1 saturated carbocycles. The number of nitrogens with two attached hydrogens (primary N) is 1. The summed E-state index contributed by atoms with van der Waals surface area (Å²) in [5.41, 5.74) is 6.53. The maximum atomic E-state index is 6.41. The van der Waals surface area contributed by atoms with Crippen LogP contribution in [-0.4, -0.2) is 5.54 Å². The molecule has 0 aromatic rings. The molecule has 0 amide bonds. The fourth-order valence-electron chi connectivity index (χ4n) is 2.54. The Morgan fingerprint density at radius 2 is 1.92 bits per heavy atom. The summed E-state index contributed by atoms with van der Waals surface area (Å²) in [5.74, 6) is 2.21. The lowest BCUT2D eigenvalue weighted by atomic mass is 9.65. The zero-order chi connectivity index (χ0) is 9.35. The lowest BCUT2D eigenvalue weighted by Gasteiger charge is -2.45. The summed E-state index contributed by atoms with van der Waals surface area (Å²) in [5, 5.41) is 0. The van der Waals surface area contributed by atoms with E-state index in [-0.39, 0.29) is 5.54 Å². The van der Waals surface area contributed by atoms with Gasteiger partial charge in [0.15, 0.2) is 0 Å². The van der Waals surface area contributed by atoms with Gasteiger partial charge in [0.1, 0.15) is 0 Å². The highest BCUT2D eigenvalue weighted by molar-refractivity contribution is 4.95. The van der Waals surface area contributed by atoms with Crippen molar-refractivity contribution in [1.29, 1.82) is 0 Å². The summed E-state index contributed by atoms with van der Waals surface area (Å²) in [6.45, 7) is 9.17. The van der Waals surface area contributed by atoms with Crippen molar-refractivity contribution in [1.82, 2.24) is 0 Å². The third-order valence-electron chi connectivity index (χ3n) is 3.82. The normalized spacial score (nSPS) is 43.5. The molecule has 0 aliphatic heterocycles. The van der Waals surface area contributed by atoms with Crippen LogP contribution in [0.3, 0.4) is 0 Å². The van der Waals surface area contributed by atoms with Crippen LogP contribution in [0.1, 0.15) is 47.0 Å². The Kier molecular flexibility index (Phi) is 2.82. The maximum absolute atomic E-state index is 6.41. The molecule has 0 aromatic heterocycles. The summed E-state index contributed by atoms with van der Waals surface area (Å²) >= 11 is 0. The van der Waals surface area contributed by atoms with Crippen LogP contribution >= 0.6 is 0 Å². The Balaban J connectivity index is 2.66. The molecule has 72 valence electrons. The molecule has 3 atom stereocenters. The molecular weight excluding hydrogens is 146 g/mol. The Morgan fingerprint density at radius 1 is 1.33 bits per heavy atom. The van der Waals surface area contributed by atoms with E-state index in [1.807, 2.05) is 0 Å². The molecule has 1 aliphatic rings. The summed E-state index contributed by atoms with van der Waals surface area (Å²) < 4.78 is 0. The molecule has 0 radical (unpaired) electrons. The highest BCUT2D eigenvalue weighted by Crippen LogP contribution is 2.39. The van der Waals surface area contributed by atoms with Crippen molar-refractivity contribution in [2.45, 2.75) is 52.5 Å². The second-order valence-electron chi connectivity index (χ2n) is 5.05. The Morgan fingerprint density at radius 3 is 2.33 bits per heavy atom. The van der Waals surface area contributed by atoms with Crippen molar-refractivity contribution in [2.75, 3.05) is 0 Å². The van der Waals surface area contributed by atoms with Crippen molar-refractivity contribution in [3.05, 3.63) is 0 Å². The van der Waals surface area contributed by atoms with E-state index in [2.05, 4.69) is 27.7 Å². The summed E-state index contributed by atoms with van der Waals surface area (Å²) in [6.07, 6.45) is 3.85. The van der Waals surface area contributed by atoms with Gasteiger partial charge in [0.05, 0.1) is 0 Å². The van der Waals surface area contributed by atoms with E-state index in [0.29, 0.717) is 11.8 Å². The molecule has 0 bridgehead atoms. The zero-order valence-electron chi connectivity index (χ0n) is 8.93. The first-order valence-corrected chi connectivity index (χ1v) is 5.25. The number of rotatable bonds is 1. The molecule has 2 N–H and O–H groups in total. The van der Waals surface area contributed by atoms with Crippen LogP contribution in [0, 0.1) is 17.8 Å². The van der Waals surface area contributed by atoms with Crippen LogP contribution in [0.5, 0.6) is 0 Å². The summed E-state index contributed by atoms with van der Waals surface area (Å²) in [7, 11) is 0. The second-order valence-corrected chi connectivity index (χ2v) is 5.05. The summed E-state index contributed by atoms with van der Waals surface area (Å²) in [4.78, 5) is 0. The van der Waals surface area contributed by atoms with Crippen LogP contribution in [0.15, 0.2) is 0 Å². The van der Waals surface area contributed by atoms with Gasteiger partial charge in [-0.15, -0.1) is 0 Å². The first kappa shape index (κ1) is 10.0. The highest BCUT2D eigenvalue weighted by Gasteiger charge is 2.38. The first-order chi connectivity index (χ1) is 5.47. The molecule has 0 aromatic carbocycles. The quantitative estimate of drug-likeness (QED) is 0.642. The van der Waals surface area contributed by atoms with Crippen LogP contribution in [0.25, 0.3) is 0 Å². The van der Waals surface area contributed by atoms with Gasteiger partial charge in [-0.05, 0) is 37.0 Å². The Bertz CT molecular complexity index is 153. The highest BCUT2D eigenvalue weighted by atomic mass is 14.8. The molecule has 1 aliphatic carbocycles. The van der Waals surface area contributed by atoms with Crippen molar-refractivity contribution >= 4 is 0 Å². The largest absolute Gasteiger partial charge is 0.325 e. The fourth-order valence-corrected chi connectivity index (χ4v) is 2.54. The predicted octanol–water partition coefficient (Wildman–Crippen LogP) is 2.80.